The lowest BCUT2D eigenvalue weighted by atomic mass is 9.98. The van der Waals surface area contributed by atoms with Gasteiger partial charge in [0.1, 0.15) is 23.2 Å². The van der Waals surface area contributed by atoms with Crippen LogP contribution in [0.3, 0.4) is 0 Å². The van der Waals surface area contributed by atoms with Crippen molar-refractivity contribution < 1.29 is 19.7 Å². The van der Waals surface area contributed by atoms with E-state index in [-0.39, 0.29) is 40.1 Å². The number of rotatable bonds is 2. The van der Waals surface area contributed by atoms with Crippen molar-refractivity contribution in [2.24, 2.45) is 5.92 Å². The Morgan fingerprint density at radius 2 is 2.00 bits per heavy atom. The highest BCUT2D eigenvalue weighted by atomic mass is 35.5. The highest BCUT2D eigenvalue weighted by Gasteiger charge is 2.26. The fourth-order valence-electron chi connectivity index (χ4n) is 3.05. The van der Waals surface area contributed by atoms with Gasteiger partial charge in [-0.05, 0) is 30.4 Å². The number of halogens is 1. The van der Waals surface area contributed by atoms with Crippen LogP contribution >= 0.6 is 11.6 Å². The molecule has 0 saturated carbocycles. The average molecular weight is 392 g/mol. The minimum absolute atomic E-state index is 0.00436. The Morgan fingerprint density at radius 1 is 1.26 bits per heavy atom. The largest absolute Gasteiger partial charge is 0.507 e. The van der Waals surface area contributed by atoms with E-state index in [2.05, 4.69) is 13.0 Å². The predicted octanol–water partition coefficient (Wildman–Crippen LogP) is 5.18. The molecule has 1 aliphatic heterocycles. The highest BCUT2D eigenvalue weighted by Crippen LogP contribution is 2.37. The van der Waals surface area contributed by atoms with Gasteiger partial charge in [0.15, 0.2) is 0 Å². The first-order valence-electron chi connectivity index (χ1n) is 9.18. The molecule has 27 heavy (non-hydrogen) atoms. The second-order valence-corrected chi connectivity index (χ2v) is 7.26. The summed E-state index contributed by atoms with van der Waals surface area (Å²) in [6.07, 6.45) is 10.3. The zero-order valence-corrected chi connectivity index (χ0v) is 16.4. The van der Waals surface area contributed by atoms with Crippen molar-refractivity contribution in [2.45, 2.75) is 52.1 Å². The number of nitrogens with one attached hydrogen (secondary N) is 1. The smallest absolute Gasteiger partial charge is 0.342 e. The van der Waals surface area contributed by atoms with Gasteiger partial charge >= 0.3 is 5.97 Å². The number of hydrogen-bond acceptors (Lipinski definition) is 5. The number of cyclic esters (lactones) is 1. The lowest BCUT2D eigenvalue weighted by molar-refractivity contribution is 0.0283. The molecule has 0 radical (unpaired) electrons. The van der Waals surface area contributed by atoms with Crippen molar-refractivity contribution in [1.82, 2.24) is 0 Å². The lowest BCUT2D eigenvalue weighted by Gasteiger charge is -2.19. The molecule has 2 rings (SSSR count). The van der Waals surface area contributed by atoms with Gasteiger partial charge in [-0.25, -0.2) is 4.79 Å². The molecular weight excluding hydrogens is 366 g/mol. The number of aromatic hydroxyl groups is 2. The lowest BCUT2D eigenvalue weighted by Crippen LogP contribution is -2.20. The molecule has 1 aromatic carbocycles. The molecule has 0 saturated heterocycles. The van der Waals surface area contributed by atoms with E-state index in [1.54, 1.807) is 6.08 Å². The van der Waals surface area contributed by atoms with Gasteiger partial charge in [0.2, 0.25) is 0 Å². The molecule has 146 valence electrons. The molecule has 0 aliphatic carbocycles. The number of esters is 1. The summed E-state index contributed by atoms with van der Waals surface area (Å²) in [7, 11) is 0. The number of carbonyl (C=O) groups is 1. The van der Waals surface area contributed by atoms with Crippen molar-refractivity contribution in [3.05, 3.63) is 46.5 Å². The SMILES string of the molecule is CCCC1C/C=C/C(C)C/C=C/C(=N)Cc2c(Cl)c(O)cc(O)c2C(=O)O1. The van der Waals surface area contributed by atoms with Gasteiger partial charge in [-0.15, -0.1) is 0 Å². The second kappa shape index (κ2) is 9.60. The van der Waals surface area contributed by atoms with Crippen LogP contribution in [-0.4, -0.2) is 28.0 Å². The first-order chi connectivity index (χ1) is 12.8. The number of carbonyl (C=O) groups excluding carboxylic acids is 1. The van der Waals surface area contributed by atoms with Gasteiger partial charge in [0.25, 0.3) is 0 Å². The zero-order valence-electron chi connectivity index (χ0n) is 15.7. The number of benzene rings is 1. The first-order valence-corrected chi connectivity index (χ1v) is 9.56. The standard InChI is InChI=1S/C21H26ClNO4/c1-3-6-15-10-5-8-13(2)7-4-9-14(23)11-16-19(21(26)27-15)17(24)12-18(25)20(16)22/h4-5,8-9,12-13,15,23-25H,3,6-7,10-11H2,1-2H3/b8-5+,9-4+,23-14?. The van der Waals surface area contributed by atoms with E-state index >= 15 is 0 Å². The first kappa shape index (κ1) is 21.0. The fourth-order valence-corrected chi connectivity index (χ4v) is 3.27. The van der Waals surface area contributed by atoms with E-state index < -0.39 is 11.7 Å². The van der Waals surface area contributed by atoms with Crippen LogP contribution in [-0.2, 0) is 11.2 Å². The molecule has 2 atom stereocenters. The average Bonchev–Trinajstić information content (AvgIpc) is 2.58. The van der Waals surface area contributed by atoms with Crippen LogP contribution in [0.25, 0.3) is 0 Å². The summed E-state index contributed by atoms with van der Waals surface area (Å²) in [6.45, 7) is 4.09. The molecular formula is C21H26ClNO4. The van der Waals surface area contributed by atoms with Crippen molar-refractivity contribution in [3.8, 4) is 11.5 Å². The molecule has 0 bridgehead atoms. The molecule has 2 unspecified atom stereocenters. The van der Waals surface area contributed by atoms with Gasteiger partial charge in [-0.1, -0.05) is 50.1 Å². The van der Waals surface area contributed by atoms with E-state index in [4.69, 9.17) is 21.7 Å². The van der Waals surface area contributed by atoms with Gasteiger partial charge in [0.05, 0.1) is 5.02 Å². The Bertz CT molecular complexity index is 770. The topological polar surface area (TPSA) is 90.6 Å². The number of allylic oxidation sites excluding steroid dienone is 3. The fraction of sp³-hybridized carbons (Fsp3) is 0.429. The summed E-state index contributed by atoms with van der Waals surface area (Å²) in [5.41, 5.74) is 0.325. The maximum Gasteiger partial charge on any atom is 0.342 e. The van der Waals surface area contributed by atoms with E-state index in [1.165, 1.54) is 0 Å². The summed E-state index contributed by atoms with van der Waals surface area (Å²) < 4.78 is 5.63. The summed E-state index contributed by atoms with van der Waals surface area (Å²) in [5.74, 6) is -1.13. The molecule has 5 nitrogen and oxygen atoms in total. The number of hydrogen-bond donors (Lipinski definition) is 3. The van der Waals surface area contributed by atoms with Crippen LogP contribution in [0.5, 0.6) is 11.5 Å². The van der Waals surface area contributed by atoms with Crippen LogP contribution in [0.4, 0.5) is 0 Å². The molecule has 0 amide bonds. The number of fused-ring (bicyclic) bond motifs is 1. The number of ether oxygens (including phenoxy) is 1. The third-order valence-corrected chi connectivity index (χ3v) is 4.89. The molecule has 3 N–H and O–H groups in total. The minimum atomic E-state index is -0.696. The quantitative estimate of drug-likeness (QED) is 0.478. The third kappa shape index (κ3) is 5.60. The summed E-state index contributed by atoms with van der Waals surface area (Å²) in [5, 5.41) is 28.3. The molecule has 6 heteroatoms. The Balaban J connectivity index is 2.50. The molecule has 1 heterocycles. The molecule has 1 aliphatic rings. The van der Waals surface area contributed by atoms with Crippen LogP contribution < -0.4 is 0 Å². The Labute approximate surface area is 164 Å². The molecule has 0 fully saturated rings. The molecule has 0 spiro atoms. The maximum absolute atomic E-state index is 12.8. The van der Waals surface area contributed by atoms with Gasteiger partial charge in [-0.3, -0.25) is 0 Å². The minimum Gasteiger partial charge on any atom is -0.507 e. The summed E-state index contributed by atoms with van der Waals surface area (Å²) >= 11 is 6.18. The second-order valence-electron chi connectivity index (χ2n) is 6.88. The normalized spacial score (nSPS) is 23.8. The Kier molecular flexibility index (Phi) is 7.48. The van der Waals surface area contributed by atoms with Crippen molar-refractivity contribution in [3.63, 3.8) is 0 Å². The highest BCUT2D eigenvalue weighted by molar-refractivity contribution is 6.33. The van der Waals surface area contributed by atoms with Gasteiger partial charge < -0.3 is 20.4 Å². The van der Waals surface area contributed by atoms with E-state index in [9.17, 15) is 15.0 Å². The van der Waals surface area contributed by atoms with Crippen LogP contribution in [0.15, 0.2) is 30.4 Å². The van der Waals surface area contributed by atoms with Crippen molar-refractivity contribution in [2.75, 3.05) is 0 Å². The molecule has 0 aromatic heterocycles. The summed E-state index contributed by atoms with van der Waals surface area (Å²) in [4.78, 5) is 12.8. The zero-order chi connectivity index (χ0) is 20.0. The van der Waals surface area contributed by atoms with E-state index in [1.807, 2.05) is 19.1 Å². The molecule has 1 aromatic rings. The van der Waals surface area contributed by atoms with Gasteiger partial charge in [0, 0.05) is 24.6 Å². The van der Waals surface area contributed by atoms with Crippen LogP contribution in [0.1, 0.15) is 55.5 Å². The third-order valence-electron chi connectivity index (χ3n) is 4.47. The predicted molar refractivity (Wildman–Crippen MR) is 107 cm³/mol. The van der Waals surface area contributed by atoms with Crippen molar-refractivity contribution >= 4 is 23.3 Å². The van der Waals surface area contributed by atoms with Crippen LogP contribution in [0, 0.1) is 11.3 Å². The summed E-state index contributed by atoms with van der Waals surface area (Å²) in [6, 6.07) is 1.03. The number of phenols is 2. The van der Waals surface area contributed by atoms with E-state index in [0.29, 0.717) is 18.8 Å². The van der Waals surface area contributed by atoms with Crippen molar-refractivity contribution in [1.29, 1.82) is 5.41 Å². The Morgan fingerprint density at radius 3 is 2.70 bits per heavy atom. The van der Waals surface area contributed by atoms with Crippen LogP contribution in [0.2, 0.25) is 5.02 Å². The maximum atomic E-state index is 12.8. The Hall–Kier alpha value is -2.27. The monoisotopic (exact) mass is 391 g/mol. The number of phenolic OH excluding ortho intramolecular Hbond substituents is 2. The van der Waals surface area contributed by atoms with E-state index in [0.717, 1.165) is 18.9 Å². The van der Waals surface area contributed by atoms with Gasteiger partial charge in [-0.2, -0.15) is 0 Å².